The first-order valence-corrected chi connectivity index (χ1v) is 11.4. The number of methoxy groups -OCH3 is 1. The van der Waals surface area contributed by atoms with Crippen LogP contribution in [-0.4, -0.2) is 35.5 Å². The fourth-order valence-electron chi connectivity index (χ4n) is 4.34. The predicted molar refractivity (Wildman–Crippen MR) is 135 cm³/mol. The smallest absolute Gasteiger partial charge is 0.339 e. The van der Waals surface area contributed by atoms with E-state index in [0.29, 0.717) is 40.8 Å². The third kappa shape index (κ3) is 4.76. The number of anilines is 1. The molecule has 4 aromatic rings. The summed E-state index contributed by atoms with van der Waals surface area (Å²) in [6.45, 7) is -0.622. The molecule has 0 spiro atoms. The third-order valence-corrected chi connectivity index (χ3v) is 6.02. The number of nitro benzene ring substituents is 1. The summed E-state index contributed by atoms with van der Waals surface area (Å²) < 4.78 is 15.8. The number of hydrogen-bond acceptors (Lipinski definition) is 8. The lowest BCUT2D eigenvalue weighted by molar-refractivity contribution is -0.384. The van der Waals surface area contributed by atoms with Gasteiger partial charge in [0.2, 0.25) is 0 Å². The molecule has 186 valence electrons. The molecule has 1 N–H and O–H groups in total. The number of nitrogens with zero attached hydrogens (tertiary/aromatic N) is 2. The van der Waals surface area contributed by atoms with Gasteiger partial charge in [-0.15, -0.1) is 0 Å². The van der Waals surface area contributed by atoms with E-state index < -0.39 is 23.4 Å². The second-order valence-corrected chi connectivity index (χ2v) is 8.28. The number of fused-ring (bicyclic) bond motifs is 2. The molecule has 0 fully saturated rings. The Kier molecular flexibility index (Phi) is 6.38. The van der Waals surface area contributed by atoms with Gasteiger partial charge >= 0.3 is 5.97 Å². The van der Waals surface area contributed by atoms with E-state index in [2.05, 4.69) is 5.32 Å². The number of ether oxygens (including phenoxy) is 2. The SMILES string of the molecule is COc1ccc(NC(=O)COC(=O)c2c3c(nc4ccccc24)/C(=C\c2ccco2)CC3)c([N+](=O)[O-])c1. The van der Waals surface area contributed by atoms with Crippen molar-refractivity contribution in [3.8, 4) is 5.75 Å². The van der Waals surface area contributed by atoms with E-state index in [-0.39, 0.29) is 17.1 Å². The van der Waals surface area contributed by atoms with Gasteiger partial charge in [0.05, 0.1) is 41.1 Å². The van der Waals surface area contributed by atoms with Crippen LogP contribution in [-0.2, 0) is 16.0 Å². The molecule has 0 saturated heterocycles. The zero-order valence-electron chi connectivity index (χ0n) is 19.7. The molecular formula is C27H21N3O7. The van der Waals surface area contributed by atoms with Crippen LogP contribution in [0, 0.1) is 10.1 Å². The van der Waals surface area contributed by atoms with Crippen LogP contribution in [0.3, 0.4) is 0 Å². The number of nitrogens with one attached hydrogen (secondary N) is 1. The summed E-state index contributed by atoms with van der Waals surface area (Å²) in [5.41, 5.74) is 2.98. The minimum Gasteiger partial charge on any atom is -0.496 e. The highest BCUT2D eigenvalue weighted by atomic mass is 16.6. The Balaban J connectivity index is 1.40. The van der Waals surface area contributed by atoms with Gasteiger partial charge in [0.1, 0.15) is 17.2 Å². The van der Waals surface area contributed by atoms with Gasteiger partial charge in [-0.25, -0.2) is 9.78 Å². The van der Waals surface area contributed by atoms with Crippen molar-refractivity contribution in [2.75, 3.05) is 19.0 Å². The Labute approximate surface area is 210 Å². The van der Waals surface area contributed by atoms with E-state index >= 15 is 0 Å². The Morgan fingerprint density at radius 1 is 1.16 bits per heavy atom. The maximum atomic E-state index is 13.3. The minimum absolute atomic E-state index is 0.0326. The van der Waals surface area contributed by atoms with E-state index in [1.54, 1.807) is 24.5 Å². The number of hydrogen-bond donors (Lipinski definition) is 1. The lowest BCUT2D eigenvalue weighted by Gasteiger charge is -2.12. The molecule has 0 bridgehead atoms. The number of pyridine rings is 1. The normalized spacial score (nSPS) is 13.4. The fraction of sp³-hybridized carbons (Fsp3) is 0.148. The van der Waals surface area contributed by atoms with Gasteiger partial charge in [-0.2, -0.15) is 0 Å². The summed E-state index contributed by atoms with van der Waals surface area (Å²) in [6.07, 6.45) is 4.73. The number of esters is 1. The molecule has 0 aliphatic heterocycles. The maximum absolute atomic E-state index is 13.3. The molecule has 2 aromatic heterocycles. The molecule has 5 rings (SSSR count). The Bertz CT molecular complexity index is 1560. The average Bonchev–Trinajstić information content (AvgIpc) is 3.56. The molecule has 1 amide bonds. The van der Waals surface area contributed by atoms with E-state index in [9.17, 15) is 19.7 Å². The first-order valence-electron chi connectivity index (χ1n) is 11.4. The molecule has 2 aromatic carbocycles. The maximum Gasteiger partial charge on any atom is 0.339 e. The molecule has 10 nitrogen and oxygen atoms in total. The van der Waals surface area contributed by atoms with Gasteiger partial charge in [-0.3, -0.25) is 14.9 Å². The standard InChI is InChI=1S/C27H21N3O7/c1-35-17-9-11-22(23(14-17)30(33)34)28-24(31)15-37-27(32)25-19-6-2-3-7-21(19)29-26-16(8-10-20(25)26)13-18-5-4-12-36-18/h2-7,9,11-14H,8,10,15H2,1H3,(H,28,31)/b16-13-. The number of rotatable bonds is 7. The molecule has 1 aliphatic rings. The third-order valence-electron chi connectivity index (χ3n) is 6.02. The molecule has 0 unspecified atom stereocenters. The monoisotopic (exact) mass is 499 g/mol. The van der Waals surface area contributed by atoms with Crippen LogP contribution >= 0.6 is 0 Å². The summed E-state index contributed by atoms with van der Waals surface area (Å²) in [5.74, 6) is -0.426. The van der Waals surface area contributed by atoms with Crippen molar-refractivity contribution >= 4 is 45.8 Å². The lowest BCUT2D eigenvalue weighted by atomic mass is 10.0. The molecule has 2 heterocycles. The zero-order chi connectivity index (χ0) is 25.9. The highest BCUT2D eigenvalue weighted by Crippen LogP contribution is 2.38. The van der Waals surface area contributed by atoms with Crippen LogP contribution in [0.25, 0.3) is 22.6 Å². The first kappa shape index (κ1) is 23.7. The number of carbonyl (C=O) groups excluding carboxylic acids is 2. The van der Waals surface area contributed by atoms with Gasteiger partial charge < -0.3 is 19.2 Å². The van der Waals surface area contributed by atoms with E-state index in [1.807, 2.05) is 24.3 Å². The second kappa shape index (κ2) is 9.94. The van der Waals surface area contributed by atoms with Gasteiger partial charge in [0, 0.05) is 5.39 Å². The first-order chi connectivity index (χ1) is 17.9. The number of nitro groups is 1. The number of carbonyl (C=O) groups is 2. The van der Waals surface area contributed by atoms with Crippen molar-refractivity contribution in [1.29, 1.82) is 0 Å². The Morgan fingerprint density at radius 2 is 2.00 bits per heavy atom. The van der Waals surface area contributed by atoms with Gasteiger partial charge in [-0.05, 0) is 60.4 Å². The topological polar surface area (TPSA) is 134 Å². The van der Waals surface area contributed by atoms with Crippen molar-refractivity contribution in [2.24, 2.45) is 0 Å². The predicted octanol–water partition coefficient (Wildman–Crippen LogP) is 5.03. The number of para-hydroxylation sites is 1. The number of furan rings is 1. The number of benzene rings is 2. The van der Waals surface area contributed by atoms with Crippen LogP contribution in [0.2, 0.25) is 0 Å². The van der Waals surface area contributed by atoms with E-state index in [0.717, 1.165) is 11.1 Å². The number of aromatic nitrogens is 1. The van der Waals surface area contributed by atoms with Crippen molar-refractivity contribution in [1.82, 2.24) is 4.98 Å². The fourth-order valence-corrected chi connectivity index (χ4v) is 4.34. The minimum atomic E-state index is -0.713. The van der Waals surface area contributed by atoms with Crippen LogP contribution in [0.15, 0.2) is 65.3 Å². The molecule has 0 atom stereocenters. The summed E-state index contributed by atoms with van der Waals surface area (Å²) in [6, 6.07) is 14.9. The van der Waals surface area contributed by atoms with Crippen molar-refractivity contribution < 1.29 is 28.4 Å². The van der Waals surface area contributed by atoms with Gasteiger partial charge in [0.25, 0.3) is 11.6 Å². The van der Waals surface area contributed by atoms with Crippen LogP contribution in [0.4, 0.5) is 11.4 Å². The van der Waals surface area contributed by atoms with Crippen molar-refractivity contribution in [3.05, 3.63) is 93.6 Å². The Hall–Kier alpha value is -4.99. The van der Waals surface area contributed by atoms with E-state index in [1.165, 1.54) is 25.3 Å². The highest BCUT2D eigenvalue weighted by Gasteiger charge is 2.28. The largest absolute Gasteiger partial charge is 0.496 e. The summed E-state index contributed by atoms with van der Waals surface area (Å²) >= 11 is 0. The molecule has 0 radical (unpaired) electrons. The summed E-state index contributed by atoms with van der Waals surface area (Å²) in [4.78, 5) is 41.3. The molecule has 0 saturated carbocycles. The van der Waals surface area contributed by atoms with Gasteiger partial charge in [0.15, 0.2) is 6.61 Å². The van der Waals surface area contributed by atoms with Gasteiger partial charge in [-0.1, -0.05) is 18.2 Å². The van der Waals surface area contributed by atoms with E-state index in [4.69, 9.17) is 18.9 Å². The molecule has 1 aliphatic carbocycles. The quantitative estimate of drug-likeness (QED) is 0.213. The Morgan fingerprint density at radius 3 is 2.76 bits per heavy atom. The zero-order valence-corrected chi connectivity index (χ0v) is 19.7. The highest BCUT2D eigenvalue weighted by molar-refractivity contribution is 6.08. The molecular weight excluding hydrogens is 478 g/mol. The lowest BCUT2D eigenvalue weighted by Crippen LogP contribution is -2.22. The summed E-state index contributed by atoms with van der Waals surface area (Å²) in [7, 11) is 1.38. The second-order valence-electron chi connectivity index (χ2n) is 8.28. The van der Waals surface area contributed by atoms with Crippen molar-refractivity contribution in [3.63, 3.8) is 0 Å². The summed E-state index contributed by atoms with van der Waals surface area (Å²) in [5, 5.41) is 14.4. The van der Waals surface area contributed by atoms with Crippen LogP contribution in [0.1, 0.15) is 33.8 Å². The molecule has 37 heavy (non-hydrogen) atoms. The average molecular weight is 499 g/mol. The molecule has 10 heteroatoms. The van der Waals surface area contributed by atoms with Crippen LogP contribution in [0.5, 0.6) is 5.75 Å². The van der Waals surface area contributed by atoms with Crippen LogP contribution < -0.4 is 10.1 Å². The van der Waals surface area contributed by atoms with Crippen molar-refractivity contribution in [2.45, 2.75) is 12.8 Å². The number of allylic oxidation sites excluding steroid dienone is 1. The number of amides is 1.